The number of aryl methyl sites for hydroxylation is 1. The van der Waals surface area contributed by atoms with E-state index in [0.29, 0.717) is 11.5 Å². The van der Waals surface area contributed by atoms with Gasteiger partial charge in [-0.05, 0) is 48.9 Å². The maximum atomic E-state index is 5.33. The SMILES string of the molecule is COc1ccc(-c2cn(-c3ccc(Br)c(C)c3)nn2)cc1OC. The van der Waals surface area contributed by atoms with Gasteiger partial charge < -0.3 is 9.47 Å². The van der Waals surface area contributed by atoms with Gasteiger partial charge in [0.05, 0.1) is 26.1 Å². The number of rotatable bonds is 4. The molecule has 2 aromatic carbocycles. The molecule has 0 aliphatic heterocycles. The highest BCUT2D eigenvalue weighted by Gasteiger charge is 2.10. The Kier molecular flexibility index (Phi) is 4.34. The molecule has 3 aromatic rings. The molecule has 0 radical (unpaired) electrons. The van der Waals surface area contributed by atoms with Crippen molar-refractivity contribution < 1.29 is 9.47 Å². The third-order valence-corrected chi connectivity index (χ3v) is 4.47. The molecule has 6 heteroatoms. The van der Waals surface area contributed by atoms with Crippen LogP contribution < -0.4 is 9.47 Å². The number of hydrogen-bond acceptors (Lipinski definition) is 4. The molecule has 0 bridgehead atoms. The van der Waals surface area contributed by atoms with Crippen LogP contribution in [0, 0.1) is 6.92 Å². The topological polar surface area (TPSA) is 49.2 Å². The van der Waals surface area contributed by atoms with E-state index in [9.17, 15) is 0 Å². The van der Waals surface area contributed by atoms with Gasteiger partial charge in [0.15, 0.2) is 11.5 Å². The highest BCUT2D eigenvalue weighted by atomic mass is 79.9. The Morgan fingerprint density at radius 2 is 1.78 bits per heavy atom. The predicted octanol–water partition coefficient (Wildman–Crippen LogP) is 4.02. The summed E-state index contributed by atoms with van der Waals surface area (Å²) in [7, 11) is 3.23. The summed E-state index contributed by atoms with van der Waals surface area (Å²) in [5.74, 6) is 1.35. The standard InChI is InChI=1S/C17H16BrN3O2/c1-11-8-13(5-6-14(11)18)21-10-15(19-20-21)12-4-7-16(22-2)17(9-12)23-3/h4-10H,1-3H3. The molecule has 0 saturated carbocycles. The minimum absolute atomic E-state index is 0.666. The van der Waals surface area contributed by atoms with E-state index in [0.717, 1.165) is 27.0 Å². The van der Waals surface area contributed by atoms with Crippen molar-refractivity contribution in [1.82, 2.24) is 15.0 Å². The minimum atomic E-state index is 0.666. The molecule has 0 spiro atoms. The van der Waals surface area contributed by atoms with Crippen LogP contribution in [0.4, 0.5) is 0 Å². The van der Waals surface area contributed by atoms with Gasteiger partial charge in [0.2, 0.25) is 0 Å². The number of aromatic nitrogens is 3. The first-order valence-electron chi connectivity index (χ1n) is 7.03. The Labute approximate surface area is 143 Å². The van der Waals surface area contributed by atoms with Gasteiger partial charge in [0, 0.05) is 10.0 Å². The minimum Gasteiger partial charge on any atom is -0.493 e. The zero-order valence-electron chi connectivity index (χ0n) is 13.1. The zero-order chi connectivity index (χ0) is 16.4. The van der Waals surface area contributed by atoms with Crippen LogP contribution in [0.3, 0.4) is 0 Å². The molecule has 3 rings (SSSR count). The predicted molar refractivity (Wildman–Crippen MR) is 92.3 cm³/mol. The lowest BCUT2D eigenvalue weighted by atomic mass is 10.1. The fourth-order valence-corrected chi connectivity index (χ4v) is 2.54. The molecule has 0 saturated heterocycles. The lowest BCUT2D eigenvalue weighted by molar-refractivity contribution is 0.355. The summed E-state index contributed by atoms with van der Waals surface area (Å²) >= 11 is 3.50. The van der Waals surface area contributed by atoms with E-state index in [-0.39, 0.29) is 0 Å². The molecule has 1 aromatic heterocycles. The lowest BCUT2D eigenvalue weighted by Gasteiger charge is -2.08. The second-order valence-electron chi connectivity index (χ2n) is 5.05. The van der Waals surface area contributed by atoms with Gasteiger partial charge >= 0.3 is 0 Å². The van der Waals surface area contributed by atoms with Crippen LogP contribution >= 0.6 is 15.9 Å². The van der Waals surface area contributed by atoms with Crippen LogP contribution in [-0.2, 0) is 0 Å². The van der Waals surface area contributed by atoms with Crippen LogP contribution in [0.5, 0.6) is 11.5 Å². The first-order valence-corrected chi connectivity index (χ1v) is 7.83. The maximum absolute atomic E-state index is 5.33. The summed E-state index contributed by atoms with van der Waals surface area (Å²) < 4.78 is 13.4. The summed E-state index contributed by atoms with van der Waals surface area (Å²) in [5, 5.41) is 8.46. The third kappa shape index (κ3) is 3.07. The van der Waals surface area contributed by atoms with Gasteiger partial charge in [-0.2, -0.15) is 0 Å². The number of benzene rings is 2. The summed E-state index contributed by atoms with van der Waals surface area (Å²) in [6.45, 7) is 2.04. The summed E-state index contributed by atoms with van der Waals surface area (Å²) in [6, 6.07) is 11.7. The Morgan fingerprint density at radius 1 is 1.00 bits per heavy atom. The van der Waals surface area contributed by atoms with Gasteiger partial charge in [-0.1, -0.05) is 21.1 Å². The smallest absolute Gasteiger partial charge is 0.161 e. The van der Waals surface area contributed by atoms with Crippen molar-refractivity contribution in [1.29, 1.82) is 0 Å². The second-order valence-corrected chi connectivity index (χ2v) is 5.91. The zero-order valence-corrected chi connectivity index (χ0v) is 14.7. The van der Waals surface area contributed by atoms with E-state index in [4.69, 9.17) is 9.47 Å². The molecule has 118 valence electrons. The van der Waals surface area contributed by atoms with Crippen molar-refractivity contribution in [3.05, 3.63) is 52.6 Å². The summed E-state index contributed by atoms with van der Waals surface area (Å²) in [6.07, 6.45) is 1.89. The van der Waals surface area contributed by atoms with Crippen molar-refractivity contribution in [2.24, 2.45) is 0 Å². The van der Waals surface area contributed by atoms with Gasteiger partial charge in [0.25, 0.3) is 0 Å². The third-order valence-electron chi connectivity index (χ3n) is 3.58. The molecule has 0 aliphatic carbocycles. The molecular formula is C17H16BrN3O2. The number of halogens is 1. The van der Waals surface area contributed by atoms with Crippen molar-refractivity contribution in [3.8, 4) is 28.4 Å². The molecule has 0 N–H and O–H groups in total. The quantitative estimate of drug-likeness (QED) is 0.692. The average Bonchev–Trinajstić information content (AvgIpc) is 3.06. The van der Waals surface area contributed by atoms with Gasteiger partial charge in [-0.15, -0.1) is 5.10 Å². The normalized spacial score (nSPS) is 10.6. The van der Waals surface area contributed by atoms with Crippen molar-refractivity contribution in [2.45, 2.75) is 6.92 Å². The van der Waals surface area contributed by atoms with E-state index >= 15 is 0 Å². The Bertz CT molecular complexity index is 846. The lowest BCUT2D eigenvalue weighted by Crippen LogP contribution is -1.95. The van der Waals surface area contributed by atoms with Gasteiger partial charge in [0.1, 0.15) is 5.69 Å². The molecule has 0 amide bonds. The van der Waals surface area contributed by atoms with E-state index in [1.54, 1.807) is 18.9 Å². The summed E-state index contributed by atoms with van der Waals surface area (Å²) in [5.41, 5.74) is 3.80. The fourth-order valence-electron chi connectivity index (χ4n) is 2.29. The molecule has 0 unspecified atom stereocenters. The van der Waals surface area contributed by atoms with Crippen LogP contribution in [0.15, 0.2) is 47.1 Å². The van der Waals surface area contributed by atoms with Crippen LogP contribution in [0.25, 0.3) is 16.9 Å². The van der Waals surface area contributed by atoms with E-state index in [1.165, 1.54) is 0 Å². The van der Waals surface area contributed by atoms with E-state index < -0.39 is 0 Å². The highest BCUT2D eigenvalue weighted by molar-refractivity contribution is 9.10. The first kappa shape index (κ1) is 15.6. The average molecular weight is 374 g/mol. The van der Waals surface area contributed by atoms with Crippen LogP contribution in [0.2, 0.25) is 0 Å². The fraction of sp³-hybridized carbons (Fsp3) is 0.176. The molecule has 5 nitrogen and oxygen atoms in total. The molecule has 23 heavy (non-hydrogen) atoms. The number of methoxy groups -OCH3 is 2. The Balaban J connectivity index is 1.97. The number of ether oxygens (including phenoxy) is 2. The van der Waals surface area contributed by atoms with E-state index in [1.807, 2.05) is 43.5 Å². The molecule has 0 aliphatic rings. The molecule has 0 fully saturated rings. The largest absolute Gasteiger partial charge is 0.493 e. The van der Waals surface area contributed by atoms with E-state index in [2.05, 4.69) is 32.3 Å². The molecule has 0 atom stereocenters. The summed E-state index contributed by atoms with van der Waals surface area (Å²) in [4.78, 5) is 0. The molecule has 1 heterocycles. The number of hydrogen-bond donors (Lipinski definition) is 0. The monoisotopic (exact) mass is 373 g/mol. The number of nitrogens with zero attached hydrogens (tertiary/aromatic N) is 3. The van der Waals surface area contributed by atoms with Crippen LogP contribution in [0.1, 0.15) is 5.56 Å². The van der Waals surface area contributed by atoms with Crippen molar-refractivity contribution >= 4 is 15.9 Å². The second kappa shape index (κ2) is 6.42. The Morgan fingerprint density at radius 3 is 2.48 bits per heavy atom. The maximum Gasteiger partial charge on any atom is 0.161 e. The van der Waals surface area contributed by atoms with Crippen LogP contribution in [-0.4, -0.2) is 29.2 Å². The Hall–Kier alpha value is -2.34. The highest BCUT2D eigenvalue weighted by Crippen LogP contribution is 2.31. The van der Waals surface area contributed by atoms with Crippen molar-refractivity contribution in [3.63, 3.8) is 0 Å². The van der Waals surface area contributed by atoms with Gasteiger partial charge in [-0.3, -0.25) is 0 Å². The first-order chi connectivity index (χ1) is 11.1. The molecular weight excluding hydrogens is 358 g/mol. The van der Waals surface area contributed by atoms with Crippen molar-refractivity contribution in [2.75, 3.05) is 14.2 Å². The van der Waals surface area contributed by atoms with Gasteiger partial charge in [-0.25, -0.2) is 4.68 Å².